The van der Waals surface area contributed by atoms with Crippen LogP contribution in [0.2, 0.25) is 0 Å². The fourth-order valence-electron chi connectivity index (χ4n) is 1.27. The Balaban J connectivity index is 2.41. The summed E-state index contributed by atoms with van der Waals surface area (Å²) in [5.74, 6) is -0.0649. The molecule has 1 aromatic carbocycles. The van der Waals surface area contributed by atoms with Crippen molar-refractivity contribution < 1.29 is 4.79 Å². The molecule has 0 aliphatic heterocycles. The van der Waals surface area contributed by atoms with Gasteiger partial charge in [0, 0.05) is 15.8 Å². The van der Waals surface area contributed by atoms with E-state index in [2.05, 4.69) is 17.6 Å². The van der Waals surface area contributed by atoms with Gasteiger partial charge in [0.2, 0.25) is 5.78 Å². The van der Waals surface area contributed by atoms with Gasteiger partial charge in [0.15, 0.2) is 0 Å². The van der Waals surface area contributed by atoms with E-state index >= 15 is 0 Å². The number of aryl methyl sites for hydroxylation is 1. The van der Waals surface area contributed by atoms with Crippen LogP contribution in [-0.2, 0) is 0 Å². The second-order valence-corrected chi connectivity index (χ2v) is 4.64. The molecule has 0 aliphatic rings. The SMILES string of the molecule is Cc1nc(C(=O)c2ccccc2S)cs1. The molecular weight excluding hydrogens is 226 g/mol. The Morgan fingerprint density at radius 2 is 2.13 bits per heavy atom. The van der Waals surface area contributed by atoms with Crippen LogP contribution < -0.4 is 0 Å². The van der Waals surface area contributed by atoms with E-state index in [4.69, 9.17) is 0 Å². The van der Waals surface area contributed by atoms with Gasteiger partial charge in [-0.3, -0.25) is 4.79 Å². The standard InChI is InChI=1S/C11H9NOS2/c1-7-12-9(6-15-7)11(13)8-4-2-3-5-10(8)14/h2-6,14H,1H3. The number of hydrogen-bond acceptors (Lipinski definition) is 4. The molecule has 0 spiro atoms. The minimum atomic E-state index is -0.0649. The summed E-state index contributed by atoms with van der Waals surface area (Å²) < 4.78 is 0. The van der Waals surface area contributed by atoms with Crippen molar-refractivity contribution in [2.75, 3.05) is 0 Å². The lowest BCUT2D eigenvalue weighted by molar-refractivity contribution is 0.103. The highest BCUT2D eigenvalue weighted by molar-refractivity contribution is 7.80. The predicted molar refractivity (Wildman–Crippen MR) is 64.0 cm³/mol. The molecule has 0 saturated carbocycles. The molecule has 0 saturated heterocycles. The lowest BCUT2D eigenvalue weighted by Gasteiger charge is -2.00. The first kappa shape index (κ1) is 10.4. The molecule has 4 heteroatoms. The fourth-order valence-corrected chi connectivity index (χ4v) is 2.13. The Kier molecular flexibility index (Phi) is 2.88. The van der Waals surface area contributed by atoms with E-state index < -0.39 is 0 Å². The summed E-state index contributed by atoms with van der Waals surface area (Å²) >= 11 is 5.73. The average molecular weight is 235 g/mol. The predicted octanol–water partition coefficient (Wildman–Crippen LogP) is 2.97. The highest BCUT2D eigenvalue weighted by Gasteiger charge is 2.13. The quantitative estimate of drug-likeness (QED) is 0.640. The first-order valence-corrected chi connectivity index (χ1v) is 5.76. The Morgan fingerprint density at radius 3 is 2.73 bits per heavy atom. The van der Waals surface area contributed by atoms with Gasteiger partial charge in [-0.05, 0) is 19.1 Å². The van der Waals surface area contributed by atoms with E-state index in [1.54, 1.807) is 17.5 Å². The molecule has 0 radical (unpaired) electrons. The summed E-state index contributed by atoms with van der Waals surface area (Å²) in [6.45, 7) is 1.88. The van der Waals surface area contributed by atoms with Crippen molar-refractivity contribution in [3.63, 3.8) is 0 Å². The van der Waals surface area contributed by atoms with Crippen LogP contribution in [0.3, 0.4) is 0 Å². The van der Waals surface area contributed by atoms with Crippen molar-refractivity contribution in [2.24, 2.45) is 0 Å². The number of thiazole rings is 1. The van der Waals surface area contributed by atoms with Crippen LogP contribution in [-0.4, -0.2) is 10.8 Å². The van der Waals surface area contributed by atoms with Gasteiger partial charge < -0.3 is 0 Å². The molecule has 2 nitrogen and oxygen atoms in total. The summed E-state index contributed by atoms with van der Waals surface area (Å²) in [5.41, 5.74) is 1.10. The van der Waals surface area contributed by atoms with Crippen molar-refractivity contribution in [1.82, 2.24) is 4.98 Å². The molecule has 2 aromatic rings. The van der Waals surface area contributed by atoms with Crippen molar-refractivity contribution >= 4 is 29.7 Å². The van der Waals surface area contributed by atoms with Crippen LogP contribution in [0.25, 0.3) is 0 Å². The van der Waals surface area contributed by atoms with Crippen molar-refractivity contribution in [3.05, 3.63) is 45.9 Å². The van der Waals surface area contributed by atoms with E-state index in [-0.39, 0.29) is 5.78 Å². The van der Waals surface area contributed by atoms with Gasteiger partial charge >= 0.3 is 0 Å². The van der Waals surface area contributed by atoms with E-state index in [1.165, 1.54) is 11.3 Å². The maximum Gasteiger partial charge on any atom is 0.213 e. The highest BCUT2D eigenvalue weighted by atomic mass is 32.1. The van der Waals surface area contributed by atoms with Gasteiger partial charge in [-0.2, -0.15) is 0 Å². The van der Waals surface area contributed by atoms with Gasteiger partial charge in [0.1, 0.15) is 5.69 Å². The number of nitrogens with zero attached hydrogens (tertiary/aromatic N) is 1. The fraction of sp³-hybridized carbons (Fsp3) is 0.0909. The van der Waals surface area contributed by atoms with Gasteiger partial charge in [-0.1, -0.05) is 12.1 Å². The molecule has 0 aliphatic carbocycles. The van der Waals surface area contributed by atoms with Gasteiger partial charge in [0.25, 0.3) is 0 Å². The van der Waals surface area contributed by atoms with Gasteiger partial charge in [-0.15, -0.1) is 24.0 Å². The number of aromatic nitrogens is 1. The minimum Gasteiger partial charge on any atom is -0.287 e. The van der Waals surface area contributed by atoms with Crippen LogP contribution in [0.4, 0.5) is 0 Å². The van der Waals surface area contributed by atoms with Crippen molar-refractivity contribution in [1.29, 1.82) is 0 Å². The van der Waals surface area contributed by atoms with E-state index in [0.29, 0.717) is 16.2 Å². The normalized spacial score (nSPS) is 10.3. The minimum absolute atomic E-state index is 0.0649. The number of hydrogen-bond donors (Lipinski definition) is 1. The smallest absolute Gasteiger partial charge is 0.213 e. The summed E-state index contributed by atoms with van der Waals surface area (Å²) in [7, 11) is 0. The largest absolute Gasteiger partial charge is 0.287 e. The first-order valence-electron chi connectivity index (χ1n) is 4.43. The number of ketones is 1. The van der Waals surface area contributed by atoms with E-state index in [1.807, 2.05) is 19.1 Å². The molecule has 0 N–H and O–H groups in total. The zero-order valence-electron chi connectivity index (χ0n) is 8.10. The van der Waals surface area contributed by atoms with Crippen LogP contribution in [0.1, 0.15) is 21.1 Å². The van der Waals surface area contributed by atoms with Crippen LogP contribution in [0.5, 0.6) is 0 Å². The third-order valence-corrected chi connectivity index (χ3v) is 3.16. The zero-order chi connectivity index (χ0) is 10.8. The van der Waals surface area contributed by atoms with Crippen LogP contribution in [0, 0.1) is 6.92 Å². The number of carbonyl (C=O) groups excluding carboxylic acids is 1. The maximum atomic E-state index is 12.0. The number of rotatable bonds is 2. The molecule has 1 aromatic heterocycles. The Hall–Kier alpha value is -1.13. The molecule has 2 rings (SSSR count). The second kappa shape index (κ2) is 4.16. The molecule has 0 amide bonds. The van der Waals surface area contributed by atoms with Crippen molar-refractivity contribution in [3.8, 4) is 0 Å². The Morgan fingerprint density at radius 1 is 1.40 bits per heavy atom. The monoisotopic (exact) mass is 235 g/mol. The lowest BCUT2D eigenvalue weighted by Crippen LogP contribution is -2.02. The topological polar surface area (TPSA) is 30.0 Å². The van der Waals surface area contributed by atoms with E-state index in [0.717, 1.165) is 5.01 Å². The van der Waals surface area contributed by atoms with Crippen molar-refractivity contribution in [2.45, 2.75) is 11.8 Å². The zero-order valence-corrected chi connectivity index (χ0v) is 9.81. The number of carbonyl (C=O) groups is 1. The van der Waals surface area contributed by atoms with Crippen LogP contribution >= 0.6 is 24.0 Å². The first-order chi connectivity index (χ1) is 7.18. The van der Waals surface area contributed by atoms with Crippen LogP contribution in [0.15, 0.2) is 34.5 Å². The van der Waals surface area contributed by atoms with E-state index in [9.17, 15) is 4.79 Å². The molecule has 15 heavy (non-hydrogen) atoms. The maximum absolute atomic E-state index is 12.0. The molecule has 0 bridgehead atoms. The molecular formula is C11H9NOS2. The van der Waals surface area contributed by atoms with Gasteiger partial charge in [0.05, 0.1) is 5.01 Å². The summed E-state index contributed by atoms with van der Waals surface area (Å²) in [6.07, 6.45) is 0. The molecule has 0 fully saturated rings. The molecule has 0 atom stereocenters. The molecule has 1 heterocycles. The summed E-state index contributed by atoms with van der Waals surface area (Å²) in [6, 6.07) is 7.24. The third kappa shape index (κ3) is 2.11. The molecule has 0 unspecified atom stereocenters. The Bertz CT molecular complexity index is 505. The summed E-state index contributed by atoms with van der Waals surface area (Å²) in [5, 5.41) is 2.67. The highest BCUT2D eigenvalue weighted by Crippen LogP contribution is 2.18. The summed E-state index contributed by atoms with van der Waals surface area (Å²) in [4.78, 5) is 16.8. The Labute approximate surface area is 97.4 Å². The average Bonchev–Trinajstić information content (AvgIpc) is 2.65. The lowest BCUT2D eigenvalue weighted by atomic mass is 10.1. The number of thiol groups is 1. The molecule has 76 valence electrons. The van der Waals surface area contributed by atoms with Gasteiger partial charge in [-0.25, -0.2) is 4.98 Å². The second-order valence-electron chi connectivity index (χ2n) is 3.10. The third-order valence-electron chi connectivity index (χ3n) is 2.00. The number of benzene rings is 1.